The topological polar surface area (TPSA) is 60.0 Å². The van der Waals surface area contributed by atoms with Crippen LogP contribution in [0.25, 0.3) is 0 Å². The Morgan fingerprint density at radius 3 is 2.67 bits per heavy atom. The van der Waals surface area contributed by atoms with E-state index in [4.69, 9.17) is 20.9 Å². The Hall–Kier alpha value is -2.05. The molecule has 1 amide bonds. The fourth-order valence-corrected chi connectivity index (χ4v) is 2.90. The maximum Gasteiger partial charge on any atom is 0.260 e. The predicted molar refractivity (Wildman–Crippen MR) is 89.2 cm³/mol. The number of aromatic nitrogens is 1. The van der Waals surface area contributed by atoms with Crippen LogP contribution in [0.1, 0.15) is 11.5 Å². The van der Waals surface area contributed by atoms with Crippen molar-refractivity contribution < 1.29 is 19.0 Å². The largest absolute Gasteiger partial charge is 0.484 e. The summed E-state index contributed by atoms with van der Waals surface area (Å²) in [6, 6.07) is 8.98. The van der Waals surface area contributed by atoms with Gasteiger partial charge in [-0.15, -0.1) is 0 Å². The second-order valence-electron chi connectivity index (χ2n) is 5.98. The number of benzene rings is 1. The zero-order valence-corrected chi connectivity index (χ0v) is 14.4. The van der Waals surface area contributed by atoms with E-state index in [2.05, 4.69) is 5.16 Å². The monoisotopic (exact) mass is 350 g/mol. The van der Waals surface area contributed by atoms with Crippen molar-refractivity contribution >= 4 is 17.5 Å². The number of ether oxygens (including phenoxy) is 1. The van der Waals surface area contributed by atoms with Gasteiger partial charge < -0.3 is 19.1 Å². The normalized spacial score (nSPS) is 15.5. The molecule has 1 fully saturated rings. The van der Waals surface area contributed by atoms with E-state index in [0.29, 0.717) is 10.8 Å². The van der Waals surface area contributed by atoms with E-state index in [-0.39, 0.29) is 12.5 Å². The molecule has 24 heavy (non-hydrogen) atoms. The number of nitrogens with zero attached hydrogens (tertiary/aromatic N) is 2. The average molecular weight is 351 g/mol. The van der Waals surface area contributed by atoms with Gasteiger partial charge in [-0.2, -0.15) is 0 Å². The van der Waals surface area contributed by atoms with Crippen molar-refractivity contribution in [3.63, 3.8) is 0 Å². The van der Waals surface area contributed by atoms with E-state index in [0.717, 1.165) is 44.2 Å². The van der Waals surface area contributed by atoms with Crippen LogP contribution in [0.2, 0.25) is 5.02 Å². The highest BCUT2D eigenvalue weighted by Gasteiger charge is 2.24. The van der Waals surface area contributed by atoms with Crippen LogP contribution >= 0.6 is 11.6 Å². The van der Waals surface area contributed by atoms with Crippen LogP contribution in [0, 0.1) is 6.92 Å². The van der Waals surface area contributed by atoms with E-state index >= 15 is 0 Å². The molecule has 1 N–H and O–H groups in total. The lowest BCUT2D eigenvalue weighted by Gasteiger charge is -2.31. The van der Waals surface area contributed by atoms with E-state index in [1.165, 1.54) is 4.90 Å². The lowest BCUT2D eigenvalue weighted by Crippen LogP contribution is -3.13. The molecule has 2 aromatic rings. The second kappa shape index (κ2) is 7.68. The smallest absolute Gasteiger partial charge is 0.260 e. The summed E-state index contributed by atoms with van der Waals surface area (Å²) in [6.45, 7) is 6.05. The number of quaternary nitrogens is 1. The third kappa shape index (κ3) is 4.49. The summed E-state index contributed by atoms with van der Waals surface area (Å²) in [5.41, 5.74) is 0.966. The first-order valence-electron chi connectivity index (χ1n) is 8.02. The van der Waals surface area contributed by atoms with Crippen LogP contribution < -0.4 is 9.64 Å². The Kier molecular flexibility index (Phi) is 5.37. The molecule has 1 aromatic carbocycles. The molecule has 0 spiro atoms. The maximum absolute atomic E-state index is 12.2. The van der Waals surface area contributed by atoms with Crippen molar-refractivity contribution in [3.05, 3.63) is 46.8 Å². The van der Waals surface area contributed by atoms with Gasteiger partial charge in [-0.25, -0.2) is 0 Å². The number of hydrogen-bond donors (Lipinski definition) is 1. The van der Waals surface area contributed by atoms with Crippen LogP contribution in [0.4, 0.5) is 0 Å². The molecule has 128 valence electrons. The molecule has 0 saturated carbocycles. The third-order valence-corrected chi connectivity index (χ3v) is 4.36. The zero-order valence-electron chi connectivity index (χ0n) is 13.6. The minimum Gasteiger partial charge on any atom is -0.484 e. The minimum atomic E-state index is 0.0151. The van der Waals surface area contributed by atoms with Crippen molar-refractivity contribution in [2.24, 2.45) is 0 Å². The minimum absolute atomic E-state index is 0.0151. The summed E-state index contributed by atoms with van der Waals surface area (Å²) in [4.78, 5) is 15.5. The number of rotatable bonds is 5. The molecule has 0 atom stereocenters. The van der Waals surface area contributed by atoms with Crippen LogP contribution in [0.15, 0.2) is 34.9 Å². The Balaban J connectivity index is 1.42. The molecule has 1 saturated heterocycles. The molecule has 3 rings (SSSR count). The first-order chi connectivity index (χ1) is 11.6. The van der Waals surface area contributed by atoms with Gasteiger partial charge >= 0.3 is 0 Å². The molecule has 0 radical (unpaired) electrons. The van der Waals surface area contributed by atoms with Gasteiger partial charge in [-0.1, -0.05) is 16.8 Å². The van der Waals surface area contributed by atoms with Gasteiger partial charge in [0.25, 0.3) is 5.91 Å². The van der Waals surface area contributed by atoms with Crippen molar-refractivity contribution in [3.8, 4) is 5.75 Å². The molecule has 1 aromatic heterocycles. The summed E-state index contributed by atoms with van der Waals surface area (Å²) < 4.78 is 10.6. The Bertz CT molecular complexity index is 679. The molecular weight excluding hydrogens is 330 g/mol. The molecule has 1 aliphatic heterocycles. The summed E-state index contributed by atoms with van der Waals surface area (Å²) in [5, 5.41) is 4.68. The average Bonchev–Trinajstić information content (AvgIpc) is 2.99. The highest BCUT2D eigenvalue weighted by molar-refractivity contribution is 6.30. The number of piperazine rings is 1. The number of hydrogen-bond acceptors (Lipinski definition) is 4. The van der Waals surface area contributed by atoms with Gasteiger partial charge in [-0.3, -0.25) is 4.79 Å². The molecule has 0 aliphatic carbocycles. The Labute approximate surface area is 145 Å². The van der Waals surface area contributed by atoms with E-state index in [1.54, 1.807) is 24.3 Å². The van der Waals surface area contributed by atoms with E-state index < -0.39 is 0 Å². The van der Waals surface area contributed by atoms with E-state index in [9.17, 15) is 4.79 Å². The number of carbonyl (C=O) groups is 1. The van der Waals surface area contributed by atoms with Crippen LogP contribution in [-0.2, 0) is 11.3 Å². The highest BCUT2D eigenvalue weighted by atomic mass is 35.5. The van der Waals surface area contributed by atoms with Gasteiger partial charge in [0, 0.05) is 11.1 Å². The second-order valence-corrected chi connectivity index (χ2v) is 6.42. The van der Waals surface area contributed by atoms with Crippen LogP contribution in [-0.4, -0.2) is 48.7 Å². The quantitative estimate of drug-likeness (QED) is 0.872. The third-order valence-electron chi connectivity index (χ3n) is 4.11. The molecule has 0 bridgehead atoms. The van der Waals surface area contributed by atoms with Gasteiger partial charge in [0.1, 0.15) is 23.7 Å². The zero-order chi connectivity index (χ0) is 16.9. The van der Waals surface area contributed by atoms with E-state index in [1.807, 2.05) is 17.9 Å². The van der Waals surface area contributed by atoms with Gasteiger partial charge in [0.2, 0.25) is 0 Å². The predicted octanol–water partition coefficient (Wildman–Crippen LogP) is 0.943. The fraction of sp³-hybridized carbons (Fsp3) is 0.412. The first kappa shape index (κ1) is 16.8. The highest BCUT2D eigenvalue weighted by Crippen LogP contribution is 2.15. The Morgan fingerprint density at radius 2 is 2.04 bits per heavy atom. The summed E-state index contributed by atoms with van der Waals surface area (Å²) in [6.07, 6.45) is 0. The number of aryl methyl sites for hydroxylation is 1. The van der Waals surface area contributed by atoms with Crippen LogP contribution in [0.3, 0.4) is 0 Å². The first-order valence-corrected chi connectivity index (χ1v) is 8.40. The van der Waals surface area contributed by atoms with Gasteiger partial charge in [-0.05, 0) is 31.2 Å². The standard InChI is InChI=1S/C17H20ClN3O3/c1-13-10-15(19-24-13)11-20-6-8-21(9-7-20)17(22)12-23-16-4-2-14(18)3-5-16/h2-5,10H,6-9,11-12H2,1H3/p+1. The molecular formula is C17H21ClN3O3+. The molecule has 1 aliphatic rings. The maximum atomic E-state index is 12.2. The number of halogens is 1. The fourth-order valence-electron chi connectivity index (χ4n) is 2.77. The molecule has 7 heteroatoms. The SMILES string of the molecule is Cc1cc(C[NH+]2CCN(C(=O)COc3ccc(Cl)cc3)CC2)no1. The van der Waals surface area contributed by atoms with Crippen LogP contribution in [0.5, 0.6) is 5.75 Å². The summed E-state index contributed by atoms with van der Waals surface area (Å²) in [7, 11) is 0. The lowest BCUT2D eigenvalue weighted by atomic mass is 10.2. The number of carbonyl (C=O) groups excluding carboxylic acids is 1. The van der Waals surface area contributed by atoms with Crippen molar-refractivity contribution in [1.82, 2.24) is 10.1 Å². The Morgan fingerprint density at radius 1 is 1.33 bits per heavy atom. The number of amides is 1. The van der Waals surface area contributed by atoms with Crippen molar-refractivity contribution in [2.75, 3.05) is 32.8 Å². The van der Waals surface area contributed by atoms with Crippen molar-refractivity contribution in [1.29, 1.82) is 0 Å². The van der Waals surface area contributed by atoms with Gasteiger partial charge in [0.05, 0.1) is 26.2 Å². The molecule has 6 nitrogen and oxygen atoms in total. The number of nitrogens with one attached hydrogen (secondary N) is 1. The molecule has 0 unspecified atom stereocenters. The molecule has 2 heterocycles. The lowest BCUT2D eigenvalue weighted by molar-refractivity contribution is -0.918. The summed E-state index contributed by atoms with van der Waals surface area (Å²) >= 11 is 5.83. The van der Waals surface area contributed by atoms with Crippen molar-refractivity contribution in [2.45, 2.75) is 13.5 Å². The summed E-state index contributed by atoms with van der Waals surface area (Å²) in [5.74, 6) is 1.50. The van der Waals surface area contributed by atoms with Gasteiger partial charge in [0.15, 0.2) is 6.61 Å².